The average Bonchev–Trinajstić information content (AvgIpc) is 2.55. The molecular weight excluding hydrogens is 254 g/mol. The van der Waals surface area contributed by atoms with Crippen molar-refractivity contribution < 1.29 is 4.79 Å². The van der Waals surface area contributed by atoms with Gasteiger partial charge in [0.25, 0.3) is 0 Å². The molecule has 0 fully saturated rings. The number of amides is 1. The van der Waals surface area contributed by atoms with Crippen molar-refractivity contribution in [2.45, 2.75) is 25.1 Å². The van der Waals surface area contributed by atoms with Crippen molar-refractivity contribution in [1.82, 2.24) is 0 Å². The number of alkyl halides is 1. The fraction of sp³-hybridized carbons (Fsp3) is 0.417. The van der Waals surface area contributed by atoms with Crippen molar-refractivity contribution >= 4 is 27.5 Å². The lowest BCUT2D eigenvalue weighted by Gasteiger charge is -2.14. The molecule has 0 saturated carbocycles. The van der Waals surface area contributed by atoms with E-state index < -0.39 is 0 Å². The number of benzene rings is 1. The monoisotopic (exact) mass is 267 g/mol. The minimum atomic E-state index is 0.0952. The first-order chi connectivity index (χ1) is 7.08. The lowest BCUT2D eigenvalue weighted by Crippen LogP contribution is -2.03. The van der Waals surface area contributed by atoms with Crippen LogP contribution in [0.2, 0.25) is 0 Å². The Bertz CT molecular complexity index is 401. The first-order valence-corrected chi connectivity index (χ1v) is 6.06. The summed E-state index contributed by atoms with van der Waals surface area (Å²) in [6.07, 6.45) is 0.515. The van der Waals surface area contributed by atoms with E-state index in [0.29, 0.717) is 17.2 Å². The van der Waals surface area contributed by atoms with Crippen LogP contribution in [0.25, 0.3) is 0 Å². The van der Waals surface area contributed by atoms with Crippen LogP contribution < -0.4 is 5.32 Å². The third kappa shape index (κ3) is 2.07. The van der Waals surface area contributed by atoms with Crippen LogP contribution in [0.3, 0.4) is 0 Å². The zero-order valence-corrected chi connectivity index (χ0v) is 10.5. The first-order valence-electron chi connectivity index (χ1n) is 5.14. The molecule has 0 bridgehead atoms. The summed E-state index contributed by atoms with van der Waals surface area (Å²) in [7, 11) is 0. The molecule has 2 nitrogen and oxygen atoms in total. The molecule has 0 saturated heterocycles. The number of fused-ring (bicyclic) bond motifs is 1. The number of carbonyl (C=O) groups excluding carboxylic acids is 1. The summed E-state index contributed by atoms with van der Waals surface area (Å²) in [5.74, 6) is 0.644. The smallest absolute Gasteiger partial charge is 0.228 e. The summed E-state index contributed by atoms with van der Waals surface area (Å²) in [6.45, 7) is 4.35. The van der Waals surface area contributed by atoms with E-state index in [2.05, 4.69) is 47.2 Å². The third-order valence-electron chi connectivity index (χ3n) is 2.66. The number of rotatable bonds is 2. The van der Waals surface area contributed by atoms with Crippen molar-refractivity contribution in [3.63, 3.8) is 0 Å². The van der Waals surface area contributed by atoms with Gasteiger partial charge >= 0.3 is 0 Å². The van der Waals surface area contributed by atoms with E-state index in [9.17, 15) is 4.79 Å². The fourth-order valence-corrected chi connectivity index (χ4v) is 2.09. The number of carbonyl (C=O) groups is 1. The molecule has 2 rings (SSSR count). The Morgan fingerprint density at radius 1 is 1.40 bits per heavy atom. The molecule has 1 amide bonds. The minimum Gasteiger partial charge on any atom is -0.326 e. The van der Waals surface area contributed by atoms with Gasteiger partial charge in [-0.2, -0.15) is 0 Å². The van der Waals surface area contributed by atoms with Crippen molar-refractivity contribution in [2.24, 2.45) is 5.92 Å². The highest BCUT2D eigenvalue weighted by Gasteiger charge is 2.20. The van der Waals surface area contributed by atoms with Crippen LogP contribution >= 0.6 is 15.9 Å². The second-order valence-corrected chi connectivity index (χ2v) is 5.27. The molecule has 3 heteroatoms. The maximum atomic E-state index is 11.2. The molecule has 15 heavy (non-hydrogen) atoms. The predicted octanol–water partition coefficient (Wildman–Crippen LogP) is 3.27. The van der Waals surface area contributed by atoms with E-state index in [-0.39, 0.29) is 5.91 Å². The molecule has 1 aromatic rings. The van der Waals surface area contributed by atoms with Gasteiger partial charge in [-0.1, -0.05) is 41.9 Å². The maximum Gasteiger partial charge on any atom is 0.228 e. The Morgan fingerprint density at radius 2 is 2.13 bits per heavy atom. The molecule has 1 aliphatic rings. The fourth-order valence-electron chi connectivity index (χ4n) is 1.81. The lowest BCUT2D eigenvalue weighted by atomic mass is 10.00. The summed E-state index contributed by atoms with van der Waals surface area (Å²) in [4.78, 5) is 11.6. The standard InChI is InChI=1S/C12H14BrNO/c1-7(2)12(13)8-3-4-10-9(5-8)6-11(15)14-10/h3-5,7,12H,6H2,1-2H3,(H,14,15). The Labute approximate surface area is 98.2 Å². The number of nitrogens with one attached hydrogen (secondary N) is 1. The molecule has 1 aliphatic heterocycles. The van der Waals surface area contributed by atoms with Gasteiger partial charge in [-0.3, -0.25) is 4.79 Å². The van der Waals surface area contributed by atoms with E-state index in [1.807, 2.05) is 6.07 Å². The van der Waals surface area contributed by atoms with Crippen molar-refractivity contribution in [3.8, 4) is 0 Å². The Balaban J connectivity index is 2.31. The van der Waals surface area contributed by atoms with E-state index in [1.54, 1.807) is 0 Å². The van der Waals surface area contributed by atoms with Gasteiger partial charge in [-0.15, -0.1) is 0 Å². The lowest BCUT2D eigenvalue weighted by molar-refractivity contribution is -0.115. The summed E-state index contributed by atoms with van der Waals surface area (Å²) < 4.78 is 0. The molecule has 0 spiro atoms. The molecule has 0 aromatic heterocycles. The summed E-state index contributed by atoms with van der Waals surface area (Å²) >= 11 is 3.67. The van der Waals surface area contributed by atoms with Crippen LogP contribution in [0.15, 0.2) is 18.2 Å². The Hall–Kier alpha value is -0.830. The summed E-state index contributed by atoms with van der Waals surface area (Å²) in [6, 6.07) is 6.18. The number of hydrogen-bond donors (Lipinski definition) is 1. The SMILES string of the molecule is CC(C)C(Br)c1ccc2c(c1)CC(=O)N2. The second kappa shape index (κ2) is 3.97. The van der Waals surface area contributed by atoms with Gasteiger partial charge in [0.15, 0.2) is 0 Å². The average molecular weight is 268 g/mol. The minimum absolute atomic E-state index is 0.0952. The van der Waals surface area contributed by atoms with Crippen molar-refractivity contribution in [1.29, 1.82) is 0 Å². The first kappa shape index (κ1) is 10.7. The Kier molecular flexibility index (Phi) is 2.83. The Morgan fingerprint density at radius 3 is 2.80 bits per heavy atom. The molecular formula is C12H14BrNO. The summed E-state index contributed by atoms with van der Waals surface area (Å²) in [5, 5.41) is 2.84. The molecule has 1 atom stereocenters. The largest absolute Gasteiger partial charge is 0.326 e. The molecule has 1 aromatic carbocycles. The van der Waals surface area contributed by atoms with Gasteiger partial charge in [-0.05, 0) is 23.1 Å². The number of hydrogen-bond acceptors (Lipinski definition) is 1. The number of halogens is 1. The van der Waals surface area contributed by atoms with Crippen LogP contribution in [-0.2, 0) is 11.2 Å². The quantitative estimate of drug-likeness (QED) is 0.819. The van der Waals surface area contributed by atoms with Gasteiger partial charge in [0, 0.05) is 10.5 Å². The van der Waals surface area contributed by atoms with Crippen LogP contribution in [0.5, 0.6) is 0 Å². The molecule has 80 valence electrons. The van der Waals surface area contributed by atoms with Gasteiger partial charge in [0.05, 0.1) is 6.42 Å². The van der Waals surface area contributed by atoms with E-state index in [0.717, 1.165) is 11.3 Å². The van der Waals surface area contributed by atoms with Gasteiger partial charge in [0.1, 0.15) is 0 Å². The van der Waals surface area contributed by atoms with Gasteiger partial charge in [0.2, 0.25) is 5.91 Å². The number of anilines is 1. The van der Waals surface area contributed by atoms with Crippen molar-refractivity contribution in [3.05, 3.63) is 29.3 Å². The second-order valence-electron chi connectivity index (χ2n) is 4.29. The molecule has 0 aliphatic carbocycles. The highest BCUT2D eigenvalue weighted by molar-refractivity contribution is 9.09. The van der Waals surface area contributed by atoms with Gasteiger partial charge in [-0.25, -0.2) is 0 Å². The van der Waals surface area contributed by atoms with Crippen molar-refractivity contribution in [2.75, 3.05) is 5.32 Å². The van der Waals surface area contributed by atoms with Crippen LogP contribution in [-0.4, -0.2) is 5.91 Å². The van der Waals surface area contributed by atoms with E-state index in [1.165, 1.54) is 5.56 Å². The maximum absolute atomic E-state index is 11.2. The van der Waals surface area contributed by atoms with Crippen LogP contribution in [0.1, 0.15) is 29.8 Å². The van der Waals surface area contributed by atoms with E-state index in [4.69, 9.17) is 0 Å². The predicted molar refractivity (Wildman–Crippen MR) is 65.3 cm³/mol. The molecule has 1 unspecified atom stereocenters. The highest BCUT2D eigenvalue weighted by Crippen LogP contribution is 2.34. The molecule has 1 heterocycles. The topological polar surface area (TPSA) is 29.1 Å². The van der Waals surface area contributed by atoms with Crippen LogP contribution in [0, 0.1) is 5.92 Å². The zero-order valence-electron chi connectivity index (χ0n) is 8.88. The third-order valence-corrected chi connectivity index (χ3v) is 4.24. The van der Waals surface area contributed by atoms with E-state index >= 15 is 0 Å². The van der Waals surface area contributed by atoms with Gasteiger partial charge < -0.3 is 5.32 Å². The molecule has 1 N–H and O–H groups in total. The highest BCUT2D eigenvalue weighted by atomic mass is 79.9. The molecule has 0 radical (unpaired) electrons. The zero-order chi connectivity index (χ0) is 11.0. The van der Waals surface area contributed by atoms with Crippen LogP contribution in [0.4, 0.5) is 5.69 Å². The summed E-state index contributed by atoms with van der Waals surface area (Å²) in [5.41, 5.74) is 3.33. The normalized spacial score (nSPS) is 16.4.